The zero-order chi connectivity index (χ0) is 12.4. The molecule has 0 spiro atoms. The number of carbonyl (C=O) groups is 1. The van der Waals surface area contributed by atoms with Crippen molar-refractivity contribution in [1.29, 1.82) is 0 Å². The molecule has 88 valence electrons. The SMILES string of the molecule is COc1ccc(-c2c[nH]cc2C(=O)O)cc1Cl. The highest BCUT2D eigenvalue weighted by molar-refractivity contribution is 6.32. The summed E-state index contributed by atoms with van der Waals surface area (Å²) in [5.74, 6) is -0.420. The minimum Gasteiger partial charge on any atom is -0.495 e. The molecule has 17 heavy (non-hydrogen) atoms. The Labute approximate surface area is 103 Å². The van der Waals surface area contributed by atoms with Gasteiger partial charge in [0, 0.05) is 18.0 Å². The Morgan fingerprint density at radius 1 is 1.41 bits per heavy atom. The summed E-state index contributed by atoms with van der Waals surface area (Å²) in [6.45, 7) is 0. The molecule has 0 fully saturated rings. The predicted octanol–water partition coefficient (Wildman–Crippen LogP) is 3.04. The number of nitrogens with one attached hydrogen (secondary N) is 1. The van der Waals surface area contributed by atoms with Gasteiger partial charge < -0.3 is 14.8 Å². The van der Waals surface area contributed by atoms with Gasteiger partial charge in [-0.3, -0.25) is 0 Å². The molecule has 5 heteroatoms. The number of aromatic nitrogens is 1. The van der Waals surface area contributed by atoms with E-state index in [1.54, 1.807) is 24.4 Å². The summed E-state index contributed by atoms with van der Waals surface area (Å²) in [7, 11) is 1.53. The number of benzene rings is 1. The molecule has 1 aromatic carbocycles. The zero-order valence-electron chi connectivity index (χ0n) is 9.03. The topological polar surface area (TPSA) is 62.3 Å². The van der Waals surface area contributed by atoms with E-state index in [1.807, 2.05) is 0 Å². The van der Waals surface area contributed by atoms with Gasteiger partial charge in [0.05, 0.1) is 17.7 Å². The van der Waals surface area contributed by atoms with Crippen LogP contribution in [0, 0.1) is 0 Å². The molecule has 0 aliphatic heterocycles. The fraction of sp³-hybridized carbons (Fsp3) is 0.0833. The normalized spacial score (nSPS) is 10.2. The van der Waals surface area contributed by atoms with Gasteiger partial charge in [0.15, 0.2) is 0 Å². The van der Waals surface area contributed by atoms with E-state index in [1.165, 1.54) is 13.3 Å². The highest BCUT2D eigenvalue weighted by Gasteiger charge is 2.13. The minimum atomic E-state index is -0.979. The second-order valence-electron chi connectivity index (χ2n) is 3.44. The summed E-state index contributed by atoms with van der Waals surface area (Å²) >= 11 is 6.00. The summed E-state index contributed by atoms with van der Waals surface area (Å²) in [6, 6.07) is 5.15. The maximum atomic E-state index is 11.0. The summed E-state index contributed by atoms with van der Waals surface area (Å²) in [4.78, 5) is 13.8. The fourth-order valence-corrected chi connectivity index (χ4v) is 1.87. The summed E-state index contributed by atoms with van der Waals surface area (Å²) < 4.78 is 5.04. The van der Waals surface area contributed by atoms with Crippen molar-refractivity contribution in [3.8, 4) is 16.9 Å². The molecule has 0 bridgehead atoms. The van der Waals surface area contributed by atoms with Gasteiger partial charge in [-0.25, -0.2) is 4.79 Å². The Bertz CT molecular complexity index is 563. The van der Waals surface area contributed by atoms with Crippen molar-refractivity contribution in [2.75, 3.05) is 7.11 Å². The van der Waals surface area contributed by atoms with Crippen LogP contribution in [0.3, 0.4) is 0 Å². The Hall–Kier alpha value is -1.94. The number of carboxylic acids is 1. The highest BCUT2D eigenvalue weighted by Crippen LogP contribution is 2.31. The van der Waals surface area contributed by atoms with E-state index in [9.17, 15) is 4.79 Å². The van der Waals surface area contributed by atoms with Gasteiger partial charge in [0.2, 0.25) is 0 Å². The monoisotopic (exact) mass is 251 g/mol. The lowest BCUT2D eigenvalue weighted by molar-refractivity contribution is 0.0698. The van der Waals surface area contributed by atoms with Gasteiger partial charge in [-0.15, -0.1) is 0 Å². The van der Waals surface area contributed by atoms with Crippen molar-refractivity contribution < 1.29 is 14.6 Å². The average Bonchev–Trinajstić information content (AvgIpc) is 2.77. The molecule has 0 aliphatic rings. The molecule has 0 amide bonds. The van der Waals surface area contributed by atoms with Crippen LogP contribution in [0.25, 0.3) is 11.1 Å². The van der Waals surface area contributed by atoms with Gasteiger partial charge in [-0.05, 0) is 17.7 Å². The molecule has 4 nitrogen and oxygen atoms in total. The molecule has 0 saturated carbocycles. The van der Waals surface area contributed by atoms with Crippen LogP contribution < -0.4 is 4.74 Å². The second kappa shape index (κ2) is 4.51. The van der Waals surface area contributed by atoms with Crippen molar-refractivity contribution in [2.45, 2.75) is 0 Å². The number of rotatable bonds is 3. The summed E-state index contributed by atoms with van der Waals surface area (Å²) in [5, 5.41) is 9.46. The number of methoxy groups -OCH3 is 1. The number of aromatic amines is 1. The smallest absolute Gasteiger partial charge is 0.337 e. The van der Waals surface area contributed by atoms with Gasteiger partial charge in [-0.1, -0.05) is 17.7 Å². The zero-order valence-corrected chi connectivity index (χ0v) is 9.78. The first-order chi connectivity index (χ1) is 8.13. The molecule has 0 aliphatic carbocycles. The van der Waals surface area contributed by atoms with E-state index in [0.717, 1.165) is 5.56 Å². The van der Waals surface area contributed by atoms with Gasteiger partial charge >= 0.3 is 5.97 Å². The Balaban J connectivity index is 2.50. The van der Waals surface area contributed by atoms with Gasteiger partial charge in [0.25, 0.3) is 0 Å². The van der Waals surface area contributed by atoms with Crippen LogP contribution >= 0.6 is 11.6 Å². The molecule has 2 aromatic rings. The first kappa shape index (κ1) is 11.5. The van der Waals surface area contributed by atoms with E-state index < -0.39 is 5.97 Å². The first-order valence-electron chi connectivity index (χ1n) is 4.87. The molecule has 0 unspecified atom stereocenters. The van der Waals surface area contributed by atoms with Crippen molar-refractivity contribution in [3.05, 3.63) is 41.2 Å². The Morgan fingerprint density at radius 3 is 2.76 bits per heavy atom. The molecule has 2 rings (SSSR count). The van der Waals surface area contributed by atoms with Crippen molar-refractivity contribution in [2.24, 2.45) is 0 Å². The molecule has 2 N–H and O–H groups in total. The Morgan fingerprint density at radius 2 is 2.18 bits per heavy atom. The molecule has 0 saturated heterocycles. The maximum Gasteiger partial charge on any atom is 0.337 e. The number of hydrogen-bond acceptors (Lipinski definition) is 2. The lowest BCUT2D eigenvalue weighted by Gasteiger charge is -2.05. The third-order valence-electron chi connectivity index (χ3n) is 2.44. The van der Waals surface area contributed by atoms with E-state index in [-0.39, 0.29) is 5.56 Å². The van der Waals surface area contributed by atoms with Crippen molar-refractivity contribution in [1.82, 2.24) is 4.98 Å². The molecule has 0 radical (unpaired) electrons. The molecular formula is C12H10ClNO3. The molecule has 0 atom stereocenters. The third kappa shape index (κ3) is 2.12. The fourth-order valence-electron chi connectivity index (χ4n) is 1.61. The van der Waals surface area contributed by atoms with Crippen LogP contribution in [0.2, 0.25) is 5.02 Å². The van der Waals surface area contributed by atoms with Crippen molar-refractivity contribution >= 4 is 17.6 Å². The summed E-state index contributed by atoms with van der Waals surface area (Å²) in [5.41, 5.74) is 1.54. The quantitative estimate of drug-likeness (QED) is 0.881. The van der Waals surface area contributed by atoms with Crippen LogP contribution in [0.1, 0.15) is 10.4 Å². The van der Waals surface area contributed by atoms with Crippen LogP contribution in [0.5, 0.6) is 5.75 Å². The largest absolute Gasteiger partial charge is 0.495 e. The number of carboxylic acid groups (broad SMARTS) is 1. The van der Waals surface area contributed by atoms with E-state index in [2.05, 4.69) is 4.98 Å². The lowest BCUT2D eigenvalue weighted by atomic mass is 10.0. The minimum absolute atomic E-state index is 0.214. The highest BCUT2D eigenvalue weighted by atomic mass is 35.5. The van der Waals surface area contributed by atoms with E-state index >= 15 is 0 Å². The molecule has 1 aromatic heterocycles. The predicted molar refractivity (Wildman–Crippen MR) is 64.8 cm³/mol. The molecule has 1 heterocycles. The number of ether oxygens (including phenoxy) is 1. The van der Waals surface area contributed by atoms with Gasteiger partial charge in [0.1, 0.15) is 5.75 Å². The standard InChI is InChI=1S/C12H10ClNO3/c1-17-11-3-2-7(4-10(11)13)8-5-14-6-9(8)12(15)16/h2-6,14H,1H3,(H,15,16). The number of hydrogen-bond donors (Lipinski definition) is 2. The Kier molecular flexibility index (Phi) is 3.06. The van der Waals surface area contributed by atoms with Crippen LogP contribution in [-0.4, -0.2) is 23.2 Å². The summed E-state index contributed by atoms with van der Waals surface area (Å²) in [6.07, 6.45) is 3.07. The first-order valence-corrected chi connectivity index (χ1v) is 5.25. The average molecular weight is 252 g/mol. The van der Waals surface area contributed by atoms with Gasteiger partial charge in [-0.2, -0.15) is 0 Å². The number of halogens is 1. The lowest BCUT2D eigenvalue weighted by Crippen LogP contribution is -1.96. The number of H-pyrrole nitrogens is 1. The van der Waals surface area contributed by atoms with Crippen LogP contribution in [0.15, 0.2) is 30.6 Å². The van der Waals surface area contributed by atoms with Crippen LogP contribution in [0.4, 0.5) is 0 Å². The van der Waals surface area contributed by atoms with E-state index in [0.29, 0.717) is 16.3 Å². The maximum absolute atomic E-state index is 11.0. The van der Waals surface area contributed by atoms with E-state index in [4.69, 9.17) is 21.4 Å². The van der Waals surface area contributed by atoms with Crippen molar-refractivity contribution in [3.63, 3.8) is 0 Å². The molecular weight excluding hydrogens is 242 g/mol. The second-order valence-corrected chi connectivity index (χ2v) is 3.84. The van der Waals surface area contributed by atoms with Crippen LogP contribution in [-0.2, 0) is 0 Å². The third-order valence-corrected chi connectivity index (χ3v) is 2.73. The number of aromatic carboxylic acids is 1.